The van der Waals surface area contributed by atoms with Gasteiger partial charge in [0.15, 0.2) is 0 Å². The number of aldehydes is 1. The molecular formula is C11H12O2S2. The van der Waals surface area contributed by atoms with Gasteiger partial charge >= 0.3 is 0 Å². The van der Waals surface area contributed by atoms with Crippen molar-refractivity contribution in [1.29, 1.82) is 0 Å². The van der Waals surface area contributed by atoms with E-state index in [9.17, 15) is 4.79 Å². The number of thioether (sulfide) groups is 1. The summed E-state index contributed by atoms with van der Waals surface area (Å²) >= 11 is 6.42. The van der Waals surface area contributed by atoms with Crippen LogP contribution in [0.2, 0.25) is 0 Å². The third-order valence-corrected chi connectivity index (χ3v) is 2.82. The lowest BCUT2D eigenvalue weighted by Crippen LogP contribution is -1.95. The Morgan fingerprint density at radius 1 is 1.60 bits per heavy atom. The van der Waals surface area contributed by atoms with Crippen LogP contribution in [0.4, 0.5) is 0 Å². The molecule has 0 aliphatic heterocycles. The van der Waals surface area contributed by atoms with Crippen LogP contribution in [0.5, 0.6) is 0 Å². The molecule has 2 nitrogen and oxygen atoms in total. The lowest BCUT2D eigenvalue weighted by atomic mass is 10.2. The molecule has 0 aromatic heterocycles. The molecule has 1 aromatic carbocycles. The van der Waals surface area contributed by atoms with Gasteiger partial charge < -0.3 is 9.53 Å². The first-order chi connectivity index (χ1) is 7.26. The van der Waals surface area contributed by atoms with Crippen molar-refractivity contribution >= 4 is 34.6 Å². The summed E-state index contributed by atoms with van der Waals surface area (Å²) in [5.74, 6) is 0. The van der Waals surface area contributed by atoms with Crippen LogP contribution in [0.3, 0.4) is 0 Å². The van der Waals surface area contributed by atoms with Crippen molar-refractivity contribution in [1.82, 2.24) is 0 Å². The van der Waals surface area contributed by atoms with E-state index in [1.54, 1.807) is 0 Å². The topological polar surface area (TPSA) is 26.3 Å². The summed E-state index contributed by atoms with van der Waals surface area (Å²) in [7, 11) is 0. The van der Waals surface area contributed by atoms with Crippen LogP contribution < -0.4 is 0 Å². The van der Waals surface area contributed by atoms with Crippen molar-refractivity contribution in [2.75, 3.05) is 6.61 Å². The van der Waals surface area contributed by atoms with E-state index in [0.29, 0.717) is 17.4 Å². The van der Waals surface area contributed by atoms with Crippen LogP contribution in [0.25, 0.3) is 0 Å². The first kappa shape index (κ1) is 12.2. The second kappa shape index (κ2) is 6.58. The molecule has 0 spiro atoms. The maximum atomic E-state index is 10.4. The zero-order chi connectivity index (χ0) is 11.1. The zero-order valence-corrected chi connectivity index (χ0v) is 10.1. The molecule has 0 heterocycles. The highest BCUT2D eigenvalue weighted by Gasteiger charge is 2.01. The van der Waals surface area contributed by atoms with Gasteiger partial charge in [0.1, 0.15) is 6.29 Å². The van der Waals surface area contributed by atoms with Gasteiger partial charge in [-0.05, 0) is 48.6 Å². The molecule has 0 atom stereocenters. The molecule has 0 radical (unpaired) electrons. The van der Waals surface area contributed by atoms with Gasteiger partial charge in [0.05, 0.1) is 6.61 Å². The molecule has 1 rings (SSSR count). The highest BCUT2D eigenvalue weighted by molar-refractivity contribution is 8.22. The molecule has 0 fully saturated rings. The SMILES string of the molecule is CCOC(=S)Sc1cccc(CC=O)c1. The monoisotopic (exact) mass is 240 g/mol. The van der Waals surface area contributed by atoms with Crippen LogP contribution >= 0.6 is 24.0 Å². The zero-order valence-electron chi connectivity index (χ0n) is 8.43. The molecule has 0 unspecified atom stereocenters. The minimum absolute atomic E-state index is 0.440. The Morgan fingerprint density at radius 3 is 3.07 bits per heavy atom. The predicted octanol–water partition coefficient (Wildman–Crippen LogP) is 2.84. The van der Waals surface area contributed by atoms with Crippen LogP contribution in [0.15, 0.2) is 29.2 Å². The van der Waals surface area contributed by atoms with Crippen molar-refractivity contribution in [3.05, 3.63) is 29.8 Å². The Kier molecular flexibility index (Phi) is 5.36. The smallest absolute Gasteiger partial charge is 0.224 e. The fourth-order valence-corrected chi connectivity index (χ4v) is 2.21. The van der Waals surface area contributed by atoms with E-state index in [2.05, 4.69) is 0 Å². The minimum atomic E-state index is 0.440. The molecule has 15 heavy (non-hydrogen) atoms. The fraction of sp³-hybridized carbons (Fsp3) is 0.273. The average molecular weight is 240 g/mol. The molecule has 0 saturated carbocycles. The third kappa shape index (κ3) is 4.44. The quantitative estimate of drug-likeness (QED) is 0.459. The van der Waals surface area contributed by atoms with Gasteiger partial charge in [0.2, 0.25) is 4.38 Å². The van der Waals surface area contributed by atoms with Crippen molar-refractivity contribution < 1.29 is 9.53 Å². The molecule has 0 saturated heterocycles. The normalized spacial score (nSPS) is 9.67. The van der Waals surface area contributed by atoms with E-state index in [4.69, 9.17) is 17.0 Å². The number of hydrogen-bond donors (Lipinski definition) is 0. The Morgan fingerprint density at radius 2 is 2.40 bits per heavy atom. The molecule has 0 N–H and O–H groups in total. The summed E-state index contributed by atoms with van der Waals surface area (Å²) in [6.07, 6.45) is 1.33. The highest BCUT2D eigenvalue weighted by atomic mass is 32.2. The largest absolute Gasteiger partial charge is 0.479 e. The first-order valence-corrected chi connectivity index (χ1v) is 5.86. The van der Waals surface area contributed by atoms with E-state index in [-0.39, 0.29) is 0 Å². The number of thiocarbonyl (C=S) groups is 1. The van der Waals surface area contributed by atoms with E-state index >= 15 is 0 Å². The molecule has 0 amide bonds. The van der Waals surface area contributed by atoms with E-state index < -0.39 is 0 Å². The summed E-state index contributed by atoms with van der Waals surface area (Å²) in [6.45, 7) is 2.48. The maximum absolute atomic E-state index is 10.4. The Balaban J connectivity index is 2.64. The minimum Gasteiger partial charge on any atom is -0.479 e. The molecule has 0 aliphatic carbocycles. The van der Waals surface area contributed by atoms with Crippen LogP contribution in [-0.2, 0) is 16.0 Å². The summed E-state index contributed by atoms with van der Waals surface area (Å²) < 4.78 is 5.69. The summed E-state index contributed by atoms with van der Waals surface area (Å²) in [5.41, 5.74) is 0.995. The summed E-state index contributed by atoms with van der Waals surface area (Å²) in [4.78, 5) is 11.4. The van der Waals surface area contributed by atoms with E-state index in [1.165, 1.54) is 11.8 Å². The molecule has 80 valence electrons. The Hall–Kier alpha value is -0.870. The van der Waals surface area contributed by atoms with Crippen LogP contribution in [0, 0.1) is 0 Å². The fourth-order valence-electron chi connectivity index (χ4n) is 1.08. The van der Waals surface area contributed by atoms with Gasteiger partial charge in [-0.2, -0.15) is 0 Å². The Labute approximate surface area is 99.0 Å². The van der Waals surface area contributed by atoms with Gasteiger partial charge in [-0.25, -0.2) is 0 Å². The molecular weight excluding hydrogens is 228 g/mol. The average Bonchev–Trinajstić information content (AvgIpc) is 2.19. The van der Waals surface area contributed by atoms with Gasteiger partial charge in [0.25, 0.3) is 0 Å². The molecule has 1 aromatic rings. The second-order valence-electron chi connectivity index (χ2n) is 2.80. The predicted molar refractivity (Wildman–Crippen MR) is 66.3 cm³/mol. The standard InChI is InChI=1S/C11H12O2S2/c1-2-13-11(14)15-10-5-3-4-9(8-10)6-7-12/h3-5,7-8H,2,6H2,1H3. The van der Waals surface area contributed by atoms with E-state index in [1.807, 2.05) is 31.2 Å². The first-order valence-electron chi connectivity index (χ1n) is 4.63. The van der Waals surface area contributed by atoms with Gasteiger partial charge in [-0.1, -0.05) is 12.1 Å². The maximum Gasteiger partial charge on any atom is 0.224 e. The van der Waals surface area contributed by atoms with Crippen molar-refractivity contribution in [2.24, 2.45) is 0 Å². The van der Waals surface area contributed by atoms with Crippen molar-refractivity contribution in [3.63, 3.8) is 0 Å². The molecule has 0 aliphatic rings. The third-order valence-electron chi connectivity index (χ3n) is 1.68. The molecule has 4 heteroatoms. The number of carbonyl (C=O) groups is 1. The lowest BCUT2D eigenvalue weighted by Gasteiger charge is -2.04. The number of hydrogen-bond acceptors (Lipinski definition) is 4. The van der Waals surface area contributed by atoms with Crippen molar-refractivity contribution in [2.45, 2.75) is 18.2 Å². The number of rotatable bonds is 4. The van der Waals surface area contributed by atoms with Crippen LogP contribution in [-0.4, -0.2) is 17.3 Å². The lowest BCUT2D eigenvalue weighted by molar-refractivity contribution is -0.107. The summed E-state index contributed by atoms with van der Waals surface area (Å²) in [6, 6.07) is 7.73. The van der Waals surface area contributed by atoms with E-state index in [0.717, 1.165) is 16.7 Å². The summed E-state index contributed by atoms with van der Waals surface area (Å²) in [5, 5.41) is 0. The molecule has 0 bridgehead atoms. The number of ether oxygens (including phenoxy) is 1. The van der Waals surface area contributed by atoms with Crippen molar-refractivity contribution in [3.8, 4) is 0 Å². The highest BCUT2D eigenvalue weighted by Crippen LogP contribution is 2.21. The van der Waals surface area contributed by atoms with Crippen LogP contribution in [0.1, 0.15) is 12.5 Å². The van der Waals surface area contributed by atoms with Gasteiger partial charge in [-0.3, -0.25) is 0 Å². The van der Waals surface area contributed by atoms with Gasteiger partial charge in [0, 0.05) is 11.3 Å². The number of benzene rings is 1. The number of carbonyl (C=O) groups excluding carboxylic acids is 1. The van der Waals surface area contributed by atoms with Gasteiger partial charge in [-0.15, -0.1) is 0 Å². The Bertz CT molecular complexity index is 350. The second-order valence-corrected chi connectivity index (χ2v) is 4.48.